The lowest BCUT2D eigenvalue weighted by molar-refractivity contribution is -0.154. The third-order valence-corrected chi connectivity index (χ3v) is 8.83. The first kappa shape index (κ1) is 22.6. The summed E-state index contributed by atoms with van der Waals surface area (Å²) in [6, 6.07) is -0.230. The summed E-state index contributed by atoms with van der Waals surface area (Å²) >= 11 is 0. The highest BCUT2D eigenvalue weighted by Gasteiger charge is 2.53. The van der Waals surface area contributed by atoms with E-state index in [-0.39, 0.29) is 6.01 Å². The topological polar surface area (TPSA) is 57.6 Å². The molecular formula is C24H35F3N6O. The molecule has 34 heavy (non-hydrogen) atoms. The molecule has 3 heterocycles. The van der Waals surface area contributed by atoms with Crippen LogP contribution < -0.4 is 14.5 Å². The van der Waals surface area contributed by atoms with Gasteiger partial charge >= 0.3 is 12.2 Å². The Morgan fingerprint density at radius 3 is 1.79 bits per heavy atom. The van der Waals surface area contributed by atoms with Crippen molar-refractivity contribution in [1.82, 2.24) is 19.9 Å². The van der Waals surface area contributed by atoms with Gasteiger partial charge in [-0.3, -0.25) is 4.90 Å². The quantitative estimate of drug-likeness (QED) is 0.634. The monoisotopic (exact) mass is 480 g/mol. The fourth-order valence-corrected chi connectivity index (χ4v) is 7.76. The molecule has 1 aromatic heterocycles. The van der Waals surface area contributed by atoms with E-state index < -0.39 is 12.8 Å². The Balaban J connectivity index is 1.17. The van der Waals surface area contributed by atoms with Crippen molar-refractivity contribution < 1.29 is 17.9 Å². The van der Waals surface area contributed by atoms with E-state index in [1.54, 1.807) is 0 Å². The molecule has 7 rings (SSSR count). The van der Waals surface area contributed by atoms with Crippen LogP contribution in [0.5, 0.6) is 6.01 Å². The molecule has 10 heteroatoms. The molecule has 188 valence electrons. The number of halogens is 3. The zero-order chi connectivity index (χ0) is 23.3. The summed E-state index contributed by atoms with van der Waals surface area (Å²) in [5, 5.41) is 0. The van der Waals surface area contributed by atoms with Crippen molar-refractivity contribution in [1.29, 1.82) is 0 Å². The average molecular weight is 481 g/mol. The molecule has 4 saturated carbocycles. The number of nitrogens with zero attached hydrogens (tertiary/aromatic N) is 6. The summed E-state index contributed by atoms with van der Waals surface area (Å²) in [4.78, 5) is 20.1. The second-order valence-electron chi connectivity index (χ2n) is 11.3. The van der Waals surface area contributed by atoms with Gasteiger partial charge in [-0.05, 0) is 75.5 Å². The first-order valence-electron chi connectivity index (χ1n) is 13.1. The molecule has 4 bridgehead atoms. The number of aromatic nitrogens is 3. The van der Waals surface area contributed by atoms with E-state index in [4.69, 9.17) is 9.72 Å². The number of piperazine rings is 1. The molecule has 0 aromatic carbocycles. The van der Waals surface area contributed by atoms with Gasteiger partial charge in [-0.2, -0.15) is 28.1 Å². The molecule has 7 nitrogen and oxygen atoms in total. The minimum atomic E-state index is -4.43. The largest absolute Gasteiger partial charge is 0.454 e. The number of hydrogen-bond acceptors (Lipinski definition) is 7. The van der Waals surface area contributed by atoms with Crippen LogP contribution in [0.2, 0.25) is 0 Å². The highest BCUT2D eigenvalue weighted by molar-refractivity contribution is 5.41. The molecule has 2 aliphatic heterocycles. The fourth-order valence-electron chi connectivity index (χ4n) is 7.76. The molecule has 0 unspecified atom stereocenters. The molecule has 2 saturated heterocycles. The number of anilines is 2. The Hall–Kier alpha value is -1.84. The van der Waals surface area contributed by atoms with Gasteiger partial charge in [-0.25, -0.2) is 0 Å². The highest BCUT2D eigenvalue weighted by Crippen LogP contribution is 2.57. The number of alkyl halides is 3. The van der Waals surface area contributed by atoms with Crippen LogP contribution in [0.1, 0.15) is 57.8 Å². The van der Waals surface area contributed by atoms with Crippen molar-refractivity contribution in [3.05, 3.63) is 0 Å². The Kier molecular flexibility index (Phi) is 5.77. The third-order valence-electron chi connectivity index (χ3n) is 8.83. The van der Waals surface area contributed by atoms with E-state index in [0.29, 0.717) is 17.4 Å². The molecule has 4 aliphatic carbocycles. The number of ether oxygens (including phenoxy) is 1. The number of rotatable bonds is 5. The van der Waals surface area contributed by atoms with E-state index in [9.17, 15) is 13.2 Å². The van der Waals surface area contributed by atoms with Crippen molar-refractivity contribution in [3.8, 4) is 6.01 Å². The second kappa shape index (κ2) is 8.68. The second-order valence-corrected chi connectivity index (χ2v) is 11.3. The van der Waals surface area contributed by atoms with Gasteiger partial charge in [0, 0.05) is 44.8 Å². The minimum absolute atomic E-state index is 0.230. The summed E-state index contributed by atoms with van der Waals surface area (Å²) < 4.78 is 43.3. The smallest absolute Gasteiger partial charge is 0.422 e. The molecule has 6 aliphatic rings. The molecule has 0 N–H and O–H groups in total. The van der Waals surface area contributed by atoms with Crippen LogP contribution in [0, 0.1) is 17.8 Å². The minimum Gasteiger partial charge on any atom is -0.454 e. The van der Waals surface area contributed by atoms with Gasteiger partial charge in [-0.1, -0.05) is 0 Å². The highest BCUT2D eigenvalue weighted by atomic mass is 19.4. The predicted molar refractivity (Wildman–Crippen MR) is 122 cm³/mol. The van der Waals surface area contributed by atoms with Gasteiger partial charge in [0.1, 0.15) is 0 Å². The van der Waals surface area contributed by atoms with Gasteiger partial charge in [0.2, 0.25) is 11.9 Å². The Labute approximate surface area is 199 Å². The van der Waals surface area contributed by atoms with Gasteiger partial charge in [0.15, 0.2) is 6.61 Å². The van der Waals surface area contributed by atoms with Crippen molar-refractivity contribution in [2.45, 2.75) is 69.5 Å². The van der Waals surface area contributed by atoms with Crippen LogP contribution in [-0.4, -0.2) is 77.4 Å². The lowest BCUT2D eigenvalue weighted by Crippen LogP contribution is -2.64. The van der Waals surface area contributed by atoms with Crippen molar-refractivity contribution in [2.75, 3.05) is 55.7 Å². The average Bonchev–Trinajstić information content (AvgIpc) is 2.82. The molecule has 0 spiro atoms. The Morgan fingerprint density at radius 1 is 0.735 bits per heavy atom. The van der Waals surface area contributed by atoms with Gasteiger partial charge in [-0.15, -0.1) is 0 Å². The lowest BCUT2D eigenvalue weighted by Gasteiger charge is -2.61. The van der Waals surface area contributed by atoms with Crippen molar-refractivity contribution in [2.24, 2.45) is 17.8 Å². The third kappa shape index (κ3) is 4.54. The van der Waals surface area contributed by atoms with Crippen LogP contribution in [-0.2, 0) is 0 Å². The maximum atomic E-state index is 12.8. The zero-order valence-corrected chi connectivity index (χ0v) is 19.8. The van der Waals surface area contributed by atoms with Crippen LogP contribution in [0.25, 0.3) is 0 Å². The van der Waals surface area contributed by atoms with Crippen molar-refractivity contribution >= 4 is 11.9 Å². The van der Waals surface area contributed by atoms with E-state index in [2.05, 4.69) is 19.8 Å². The Morgan fingerprint density at radius 2 is 1.26 bits per heavy atom. The van der Waals surface area contributed by atoms with Crippen LogP contribution in [0.3, 0.4) is 0 Å². The first-order chi connectivity index (χ1) is 16.4. The lowest BCUT2D eigenvalue weighted by atomic mass is 9.52. The Bertz CT molecular complexity index is 847. The van der Waals surface area contributed by atoms with Gasteiger partial charge in [0.05, 0.1) is 0 Å². The van der Waals surface area contributed by atoms with E-state index in [0.717, 1.165) is 76.3 Å². The fraction of sp³-hybridized carbons (Fsp3) is 0.875. The molecule has 0 amide bonds. The van der Waals surface area contributed by atoms with E-state index in [1.807, 2.05) is 4.90 Å². The number of hydrogen-bond donors (Lipinski definition) is 0. The normalized spacial score (nSPS) is 34.0. The molecule has 6 fully saturated rings. The van der Waals surface area contributed by atoms with Crippen molar-refractivity contribution in [3.63, 3.8) is 0 Å². The first-order valence-corrected chi connectivity index (χ1v) is 13.1. The molecule has 0 radical (unpaired) electrons. The van der Waals surface area contributed by atoms with Crippen LogP contribution in [0.4, 0.5) is 25.1 Å². The van der Waals surface area contributed by atoms with Gasteiger partial charge in [0.25, 0.3) is 0 Å². The van der Waals surface area contributed by atoms with E-state index >= 15 is 0 Å². The molecular weight excluding hydrogens is 445 g/mol. The maximum absolute atomic E-state index is 12.8. The summed E-state index contributed by atoms with van der Waals surface area (Å²) in [6.45, 7) is 3.69. The standard InChI is InChI=1S/C24H35F3N6O/c25-24(26,27)16-34-22-29-20(31-4-2-1-3-5-31)28-21(30-22)32-6-8-33(9-7-32)23-13-17-10-18(14-23)12-19(11-17)15-23/h17-19H,1-16H2. The van der Waals surface area contributed by atoms with Gasteiger partial charge < -0.3 is 14.5 Å². The summed E-state index contributed by atoms with van der Waals surface area (Å²) in [7, 11) is 0. The van der Waals surface area contributed by atoms with E-state index in [1.165, 1.54) is 38.5 Å². The SMILES string of the molecule is FC(F)(F)COc1nc(N2CCCCC2)nc(N2CCN(C34CC5CC(CC(C5)C3)C4)CC2)n1. The summed E-state index contributed by atoms with van der Waals surface area (Å²) in [5.41, 5.74) is 0.375. The molecule has 0 atom stereocenters. The molecule has 1 aromatic rings. The van der Waals surface area contributed by atoms with Crippen LogP contribution >= 0.6 is 0 Å². The number of piperidine rings is 1. The summed E-state index contributed by atoms with van der Waals surface area (Å²) in [6.07, 6.45) is 7.13. The maximum Gasteiger partial charge on any atom is 0.422 e. The predicted octanol–water partition coefficient (Wildman–Crippen LogP) is 3.89. The summed E-state index contributed by atoms with van der Waals surface area (Å²) in [5.74, 6) is 3.61. The zero-order valence-electron chi connectivity index (χ0n) is 19.8. The van der Waals surface area contributed by atoms with Crippen LogP contribution in [0.15, 0.2) is 0 Å².